The van der Waals surface area contributed by atoms with E-state index in [0.29, 0.717) is 23.0 Å². The number of aliphatic hydroxyl groups is 1. The molecule has 0 saturated carbocycles. The number of nitrogens with zero attached hydrogens (tertiary/aromatic N) is 1. The van der Waals surface area contributed by atoms with E-state index in [-0.39, 0.29) is 17.7 Å². The van der Waals surface area contributed by atoms with Crippen LogP contribution in [0.4, 0.5) is 0 Å². The molecule has 0 radical (unpaired) electrons. The SMILES string of the molecule is CC(C)Cc1sc(CO)nc1-c1occc1P(=O)(O)O. The predicted octanol–water partition coefficient (Wildman–Crippen LogP) is 1.90. The maximum Gasteiger partial charge on any atom is 0.360 e. The lowest BCUT2D eigenvalue weighted by atomic mass is 10.1. The molecule has 20 heavy (non-hydrogen) atoms. The summed E-state index contributed by atoms with van der Waals surface area (Å²) in [6.45, 7) is 3.87. The summed E-state index contributed by atoms with van der Waals surface area (Å²) in [5.41, 5.74) is 0.413. The van der Waals surface area contributed by atoms with Gasteiger partial charge >= 0.3 is 7.60 Å². The molecule has 0 atom stereocenters. The van der Waals surface area contributed by atoms with E-state index in [1.54, 1.807) is 0 Å². The molecular weight excluding hydrogens is 301 g/mol. The standard InChI is InChI=1S/C12H16NO5PS/c1-7(2)5-9-11(13-10(6-14)20-9)12-8(3-4-18-12)19(15,16)17/h3-4,7,14H,5-6H2,1-2H3,(H2,15,16,17). The lowest BCUT2D eigenvalue weighted by Crippen LogP contribution is -2.05. The largest absolute Gasteiger partial charge is 0.462 e. The number of aliphatic hydroxyl groups excluding tert-OH is 1. The maximum absolute atomic E-state index is 11.5. The highest BCUT2D eigenvalue weighted by molar-refractivity contribution is 7.60. The van der Waals surface area contributed by atoms with Crippen molar-refractivity contribution in [2.45, 2.75) is 26.9 Å². The van der Waals surface area contributed by atoms with Crippen molar-refractivity contribution >= 4 is 24.2 Å². The third-order valence-electron chi connectivity index (χ3n) is 2.64. The van der Waals surface area contributed by atoms with Crippen LogP contribution in [-0.4, -0.2) is 19.9 Å². The second-order valence-corrected chi connectivity index (χ2v) is 7.55. The zero-order valence-electron chi connectivity index (χ0n) is 11.1. The Morgan fingerprint density at radius 3 is 2.70 bits per heavy atom. The van der Waals surface area contributed by atoms with Gasteiger partial charge in [-0.15, -0.1) is 11.3 Å². The van der Waals surface area contributed by atoms with Gasteiger partial charge in [-0.05, 0) is 18.4 Å². The van der Waals surface area contributed by atoms with Gasteiger partial charge < -0.3 is 19.3 Å². The molecule has 0 unspecified atom stereocenters. The minimum absolute atomic E-state index is 0.0879. The van der Waals surface area contributed by atoms with Gasteiger partial charge in [0, 0.05) is 4.88 Å². The summed E-state index contributed by atoms with van der Waals surface area (Å²) in [5.74, 6) is 0.444. The molecular formula is C12H16NO5PS. The van der Waals surface area contributed by atoms with Crippen molar-refractivity contribution in [3.8, 4) is 11.5 Å². The Hall–Kier alpha value is -0.980. The fraction of sp³-hybridized carbons (Fsp3) is 0.417. The molecule has 0 amide bonds. The number of hydrogen-bond donors (Lipinski definition) is 3. The van der Waals surface area contributed by atoms with Crippen LogP contribution in [0.25, 0.3) is 11.5 Å². The topological polar surface area (TPSA) is 104 Å². The highest BCUT2D eigenvalue weighted by Gasteiger charge is 2.28. The minimum atomic E-state index is -4.42. The summed E-state index contributed by atoms with van der Waals surface area (Å²) in [6, 6.07) is 1.26. The van der Waals surface area contributed by atoms with Gasteiger partial charge in [0.2, 0.25) is 0 Å². The summed E-state index contributed by atoms with van der Waals surface area (Å²) in [4.78, 5) is 23.8. The number of rotatable bonds is 5. The number of hydrogen-bond acceptors (Lipinski definition) is 5. The lowest BCUT2D eigenvalue weighted by molar-refractivity contribution is 0.281. The lowest BCUT2D eigenvalue weighted by Gasteiger charge is -2.06. The van der Waals surface area contributed by atoms with Gasteiger partial charge in [0.1, 0.15) is 16.0 Å². The van der Waals surface area contributed by atoms with Crippen LogP contribution in [-0.2, 0) is 17.6 Å². The third-order valence-corrected chi connectivity index (χ3v) is 4.69. The second-order valence-electron chi connectivity index (χ2n) is 4.81. The normalized spacial score (nSPS) is 12.3. The Morgan fingerprint density at radius 1 is 1.45 bits per heavy atom. The van der Waals surface area contributed by atoms with Gasteiger partial charge in [-0.3, -0.25) is 4.57 Å². The minimum Gasteiger partial charge on any atom is -0.462 e. The Balaban J connectivity index is 2.55. The number of thiazole rings is 1. The van der Waals surface area contributed by atoms with E-state index in [9.17, 15) is 19.5 Å². The van der Waals surface area contributed by atoms with E-state index in [1.807, 2.05) is 13.8 Å². The first-order valence-corrected chi connectivity index (χ1v) is 8.49. The second kappa shape index (κ2) is 5.79. The van der Waals surface area contributed by atoms with Crippen molar-refractivity contribution in [3.63, 3.8) is 0 Å². The van der Waals surface area contributed by atoms with E-state index in [0.717, 1.165) is 4.88 Å². The van der Waals surface area contributed by atoms with E-state index >= 15 is 0 Å². The van der Waals surface area contributed by atoms with Gasteiger partial charge in [-0.2, -0.15) is 0 Å². The Morgan fingerprint density at radius 2 is 2.15 bits per heavy atom. The molecule has 0 bridgehead atoms. The summed E-state index contributed by atoms with van der Waals surface area (Å²) >= 11 is 1.33. The molecule has 0 spiro atoms. The first-order chi connectivity index (χ1) is 9.32. The molecule has 0 aliphatic heterocycles. The van der Waals surface area contributed by atoms with Crippen LogP contribution in [0.15, 0.2) is 16.7 Å². The fourth-order valence-corrected chi connectivity index (χ4v) is 3.68. The molecule has 0 aliphatic carbocycles. The van der Waals surface area contributed by atoms with E-state index in [1.165, 1.54) is 23.7 Å². The Kier molecular flexibility index (Phi) is 4.46. The van der Waals surface area contributed by atoms with Crippen LogP contribution < -0.4 is 5.30 Å². The van der Waals surface area contributed by atoms with Gasteiger partial charge in [0.05, 0.1) is 12.9 Å². The predicted molar refractivity (Wildman–Crippen MR) is 76.0 cm³/mol. The summed E-state index contributed by atoms with van der Waals surface area (Å²) in [5, 5.41) is 9.53. The molecule has 0 aromatic carbocycles. The zero-order valence-corrected chi connectivity index (χ0v) is 12.8. The molecule has 2 heterocycles. The van der Waals surface area contributed by atoms with Crippen molar-refractivity contribution in [1.29, 1.82) is 0 Å². The molecule has 2 aromatic rings. The molecule has 110 valence electrons. The molecule has 0 fully saturated rings. The quantitative estimate of drug-likeness (QED) is 0.728. The van der Waals surface area contributed by atoms with Crippen LogP contribution >= 0.6 is 18.9 Å². The van der Waals surface area contributed by atoms with Crippen LogP contribution in [0.1, 0.15) is 23.7 Å². The van der Waals surface area contributed by atoms with Crippen LogP contribution in [0.5, 0.6) is 0 Å². The monoisotopic (exact) mass is 317 g/mol. The van der Waals surface area contributed by atoms with Crippen LogP contribution in [0.2, 0.25) is 0 Å². The smallest absolute Gasteiger partial charge is 0.360 e. The van der Waals surface area contributed by atoms with Gasteiger partial charge in [0.15, 0.2) is 5.76 Å². The van der Waals surface area contributed by atoms with Crippen molar-refractivity contribution in [3.05, 3.63) is 22.2 Å². The van der Waals surface area contributed by atoms with Crippen molar-refractivity contribution in [2.24, 2.45) is 5.92 Å². The number of aromatic nitrogens is 1. The average Bonchev–Trinajstić information content (AvgIpc) is 2.92. The van der Waals surface area contributed by atoms with Crippen molar-refractivity contribution in [1.82, 2.24) is 4.98 Å². The highest BCUT2D eigenvalue weighted by Crippen LogP contribution is 2.40. The van der Waals surface area contributed by atoms with Crippen molar-refractivity contribution in [2.75, 3.05) is 0 Å². The molecule has 3 N–H and O–H groups in total. The third kappa shape index (κ3) is 3.19. The Labute approximate surface area is 120 Å². The number of furan rings is 1. The summed E-state index contributed by atoms with van der Waals surface area (Å²) < 4.78 is 16.7. The van der Waals surface area contributed by atoms with Gasteiger partial charge in [-0.1, -0.05) is 13.8 Å². The average molecular weight is 317 g/mol. The summed E-state index contributed by atoms with van der Waals surface area (Å²) in [6.07, 6.45) is 1.94. The first kappa shape index (κ1) is 15.4. The molecule has 6 nitrogen and oxygen atoms in total. The van der Waals surface area contributed by atoms with Crippen LogP contribution in [0.3, 0.4) is 0 Å². The molecule has 2 rings (SSSR count). The molecule has 0 aliphatic rings. The van der Waals surface area contributed by atoms with E-state index in [2.05, 4.69) is 4.98 Å². The maximum atomic E-state index is 11.5. The Bertz CT molecular complexity index is 642. The van der Waals surface area contributed by atoms with E-state index in [4.69, 9.17) is 4.42 Å². The summed E-state index contributed by atoms with van der Waals surface area (Å²) in [7, 11) is -4.42. The van der Waals surface area contributed by atoms with Gasteiger partial charge in [0.25, 0.3) is 0 Å². The van der Waals surface area contributed by atoms with E-state index < -0.39 is 7.60 Å². The first-order valence-electron chi connectivity index (χ1n) is 6.06. The van der Waals surface area contributed by atoms with Gasteiger partial charge in [-0.25, -0.2) is 4.98 Å². The van der Waals surface area contributed by atoms with Crippen LogP contribution in [0, 0.1) is 5.92 Å². The molecule has 8 heteroatoms. The van der Waals surface area contributed by atoms with Crippen molar-refractivity contribution < 1.29 is 23.9 Å². The molecule has 2 aromatic heterocycles. The molecule has 0 saturated heterocycles. The highest BCUT2D eigenvalue weighted by atomic mass is 32.1. The fourth-order valence-electron chi connectivity index (χ4n) is 1.86. The zero-order chi connectivity index (χ0) is 14.9.